The first-order chi connectivity index (χ1) is 11.0. The fourth-order valence-corrected chi connectivity index (χ4v) is 2.88. The fourth-order valence-electron chi connectivity index (χ4n) is 2.88. The molecule has 24 heavy (non-hydrogen) atoms. The van der Waals surface area contributed by atoms with Gasteiger partial charge in [0.25, 0.3) is 0 Å². The van der Waals surface area contributed by atoms with Gasteiger partial charge in [-0.15, -0.1) is 0 Å². The third-order valence-corrected chi connectivity index (χ3v) is 4.02. The van der Waals surface area contributed by atoms with Crippen molar-refractivity contribution in [3.63, 3.8) is 0 Å². The third kappa shape index (κ3) is 3.58. The molecule has 1 aliphatic rings. The smallest absolute Gasteiger partial charge is 0.357 e. The zero-order valence-corrected chi connectivity index (χ0v) is 12.8. The average molecular weight is 354 g/mol. The van der Waals surface area contributed by atoms with E-state index in [9.17, 15) is 31.1 Å². The van der Waals surface area contributed by atoms with Crippen LogP contribution < -0.4 is 0 Å². The largest absolute Gasteiger partial charge is 0.422 e. The Morgan fingerprint density at radius 2 is 1.71 bits per heavy atom. The van der Waals surface area contributed by atoms with Gasteiger partial charge in [0.05, 0.1) is 11.7 Å². The van der Waals surface area contributed by atoms with Crippen LogP contribution in [-0.4, -0.2) is 18.1 Å². The number of benzene rings is 1. The lowest BCUT2D eigenvalue weighted by molar-refractivity contribution is -0.306. The number of ether oxygens (including phenoxy) is 1. The van der Waals surface area contributed by atoms with Crippen LogP contribution in [0.4, 0.5) is 26.3 Å². The van der Waals surface area contributed by atoms with Gasteiger partial charge in [-0.25, -0.2) is 0 Å². The number of carbonyl (C=O) groups is 1. The molecule has 1 heterocycles. The summed E-state index contributed by atoms with van der Waals surface area (Å²) in [6.45, 7) is 1.75. The minimum atomic E-state index is -4.92. The predicted octanol–water partition coefficient (Wildman–Crippen LogP) is 5.01. The molecule has 0 radical (unpaired) electrons. The minimum absolute atomic E-state index is 0.119. The van der Waals surface area contributed by atoms with E-state index in [4.69, 9.17) is 4.74 Å². The van der Waals surface area contributed by atoms with E-state index in [-0.39, 0.29) is 12.8 Å². The molecular weight excluding hydrogens is 338 g/mol. The molecular formula is C16H16F6O2. The van der Waals surface area contributed by atoms with E-state index < -0.39 is 47.4 Å². The van der Waals surface area contributed by atoms with Crippen LogP contribution in [0.1, 0.15) is 43.7 Å². The summed E-state index contributed by atoms with van der Waals surface area (Å²) < 4.78 is 84.2. The van der Waals surface area contributed by atoms with E-state index in [2.05, 4.69) is 0 Å². The Morgan fingerprint density at radius 1 is 1.12 bits per heavy atom. The van der Waals surface area contributed by atoms with Crippen LogP contribution in [0.15, 0.2) is 24.3 Å². The number of ketones is 1. The monoisotopic (exact) mass is 354 g/mol. The van der Waals surface area contributed by atoms with Crippen LogP contribution in [0.25, 0.3) is 0 Å². The molecule has 0 aliphatic carbocycles. The number of alkyl halides is 6. The molecule has 1 aromatic rings. The second kappa shape index (κ2) is 6.38. The van der Waals surface area contributed by atoms with Crippen LogP contribution in [0.5, 0.6) is 0 Å². The molecule has 8 heteroatoms. The van der Waals surface area contributed by atoms with Gasteiger partial charge in [-0.2, -0.15) is 26.3 Å². The van der Waals surface area contributed by atoms with Gasteiger partial charge in [0.2, 0.25) is 0 Å². The van der Waals surface area contributed by atoms with Crippen molar-refractivity contribution in [1.82, 2.24) is 0 Å². The van der Waals surface area contributed by atoms with Gasteiger partial charge in [0.1, 0.15) is 5.78 Å². The van der Waals surface area contributed by atoms with Gasteiger partial charge >= 0.3 is 12.4 Å². The zero-order valence-electron chi connectivity index (χ0n) is 12.8. The van der Waals surface area contributed by atoms with Crippen molar-refractivity contribution >= 4 is 5.78 Å². The second-order valence-electron chi connectivity index (χ2n) is 5.85. The lowest BCUT2D eigenvalue weighted by Crippen LogP contribution is -2.52. The highest BCUT2D eigenvalue weighted by Crippen LogP contribution is 2.49. The molecule has 0 aromatic heterocycles. The Labute approximate surface area is 134 Å². The number of carbonyl (C=O) groups excluding carboxylic acids is 1. The summed E-state index contributed by atoms with van der Waals surface area (Å²) in [5.41, 5.74) is -4.44. The maximum absolute atomic E-state index is 13.7. The Hall–Kier alpha value is -1.57. The Balaban J connectivity index is 2.47. The molecule has 2 atom stereocenters. The molecule has 1 aliphatic heterocycles. The third-order valence-electron chi connectivity index (χ3n) is 4.02. The first-order valence-electron chi connectivity index (χ1n) is 7.43. The van der Waals surface area contributed by atoms with Crippen molar-refractivity contribution in [3.05, 3.63) is 35.4 Å². The molecule has 0 bridgehead atoms. The van der Waals surface area contributed by atoms with Crippen molar-refractivity contribution in [1.29, 1.82) is 0 Å². The zero-order chi connectivity index (χ0) is 18.2. The molecule has 0 N–H and O–H groups in total. The number of hydrogen-bond acceptors (Lipinski definition) is 2. The summed E-state index contributed by atoms with van der Waals surface area (Å²) in [6.07, 6.45) is -10.7. The maximum Gasteiger partial charge on any atom is 0.422 e. The van der Waals surface area contributed by atoms with Crippen LogP contribution in [0, 0.1) is 0 Å². The van der Waals surface area contributed by atoms with Gasteiger partial charge in [0, 0.05) is 12.8 Å². The van der Waals surface area contributed by atoms with Crippen molar-refractivity contribution in [2.75, 3.05) is 0 Å². The summed E-state index contributed by atoms with van der Waals surface area (Å²) in [7, 11) is 0. The molecule has 0 saturated carbocycles. The normalized spacial score (nSPS) is 25.8. The van der Waals surface area contributed by atoms with E-state index in [1.807, 2.05) is 0 Å². The fraction of sp³-hybridized carbons (Fsp3) is 0.562. The second-order valence-corrected chi connectivity index (χ2v) is 5.85. The van der Waals surface area contributed by atoms with Crippen molar-refractivity contribution in [3.8, 4) is 0 Å². The van der Waals surface area contributed by atoms with E-state index in [0.717, 1.165) is 12.1 Å². The van der Waals surface area contributed by atoms with Gasteiger partial charge < -0.3 is 4.74 Å². The SMILES string of the molecule is CCC[C@@H]1CC(=O)C[C@@](c2ccc(C(F)(F)F)cc2)(C(F)(F)F)O1. The van der Waals surface area contributed by atoms with Gasteiger partial charge in [-0.1, -0.05) is 25.5 Å². The summed E-state index contributed by atoms with van der Waals surface area (Å²) in [5.74, 6) is -0.614. The maximum atomic E-state index is 13.7. The molecule has 2 rings (SSSR count). The summed E-state index contributed by atoms with van der Waals surface area (Å²) in [6, 6.07) is 2.61. The molecule has 2 nitrogen and oxygen atoms in total. The van der Waals surface area contributed by atoms with Crippen molar-refractivity contribution in [2.24, 2.45) is 0 Å². The highest BCUT2D eigenvalue weighted by atomic mass is 19.4. The minimum Gasteiger partial charge on any atom is -0.357 e. The molecule has 1 fully saturated rings. The quantitative estimate of drug-likeness (QED) is 0.713. The van der Waals surface area contributed by atoms with E-state index in [1.165, 1.54) is 0 Å². The lowest BCUT2D eigenvalue weighted by atomic mass is 9.82. The molecule has 0 spiro atoms. The Bertz CT molecular complexity index is 590. The first kappa shape index (κ1) is 18.8. The number of Topliss-reactive ketones (excluding diaryl/α,β-unsaturated/α-hetero) is 1. The molecule has 1 aromatic carbocycles. The lowest BCUT2D eigenvalue weighted by Gasteiger charge is -2.42. The number of halogens is 6. The summed E-state index contributed by atoms with van der Waals surface area (Å²) in [4.78, 5) is 11.9. The predicted molar refractivity (Wildman–Crippen MR) is 73.2 cm³/mol. The number of rotatable bonds is 3. The van der Waals surface area contributed by atoms with Crippen LogP contribution >= 0.6 is 0 Å². The average Bonchev–Trinajstić information content (AvgIpc) is 2.45. The van der Waals surface area contributed by atoms with E-state index in [1.54, 1.807) is 6.92 Å². The van der Waals surface area contributed by atoms with Crippen LogP contribution in [0.3, 0.4) is 0 Å². The van der Waals surface area contributed by atoms with E-state index in [0.29, 0.717) is 18.6 Å². The van der Waals surface area contributed by atoms with E-state index >= 15 is 0 Å². The standard InChI is InChI=1S/C16H16F6O2/c1-2-3-13-8-12(23)9-14(24-13,16(20,21)22)10-4-6-11(7-5-10)15(17,18)19/h4-7,13H,2-3,8-9H2,1H3/t13-,14-/m1/s1. The Morgan fingerprint density at radius 3 is 2.17 bits per heavy atom. The molecule has 0 amide bonds. The highest BCUT2D eigenvalue weighted by molar-refractivity contribution is 5.81. The first-order valence-corrected chi connectivity index (χ1v) is 7.43. The number of hydrogen-bond donors (Lipinski definition) is 0. The van der Waals surface area contributed by atoms with Gasteiger partial charge in [-0.05, 0) is 24.1 Å². The topological polar surface area (TPSA) is 26.3 Å². The highest BCUT2D eigenvalue weighted by Gasteiger charge is 2.61. The van der Waals surface area contributed by atoms with Gasteiger partial charge in [-0.3, -0.25) is 4.79 Å². The van der Waals surface area contributed by atoms with Crippen LogP contribution in [0.2, 0.25) is 0 Å². The molecule has 0 unspecified atom stereocenters. The van der Waals surface area contributed by atoms with Crippen molar-refractivity contribution in [2.45, 2.75) is 56.7 Å². The molecule has 134 valence electrons. The Kier molecular flexibility index (Phi) is 4.99. The van der Waals surface area contributed by atoms with Crippen molar-refractivity contribution < 1.29 is 35.9 Å². The molecule has 1 saturated heterocycles. The summed E-state index contributed by atoms with van der Waals surface area (Å²) in [5, 5.41) is 0. The summed E-state index contributed by atoms with van der Waals surface area (Å²) >= 11 is 0. The van der Waals surface area contributed by atoms with Gasteiger partial charge in [0.15, 0.2) is 5.60 Å². The van der Waals surface area contributed by atoms with Crippen LogP contribution in [-0.2, 0) is 21.3 Å².